The van der Waals surface area contributed by atoms with Crippen molar-refractivity contribution < 1.29 is 22.4 Å². The lowest BCUT2D eigenvalue weighted by atomic mass is 10.2. The first-order valence-electron chi connectivity index (χ1n) is 7.87. The standard InChI is InChI=1S/C15H15N3O6S2/c1-16-11-6-10(2-3-12(11)24-14(16)20)26(22,23)17-5-4-9(7-17)18-13(19)8-25-15(18)21/h2-3,6,9H,4-5,7-8H2,1H3. The van der Waals surface area contributed by atoms with E-state index in [-0.39, 0.29) is 34.9 Å². The van der Waals surface area contributed by atoms with E-state index in [1.807, 2.05) is 0 Å². The normalized spacial score (nSPS) is 22.0. The van der Waals surface area contributed by atoms with Crippen LogP contribution < -0.4 is 5.76 Å². The average Bonchev–Trinajstić information content (AvgIpc) is 3.27. The highest BCUT2D eigenvalue weighted by Crippen LogP contribution is 2.29. The maximum absolute atomic E-state index is 12.9. The summed E-state index contributed by atoms with van der Waals surface area (Å²) in [4.78, 5) is 36.5. The number of imide groups is 1. The van der Waals surface area contributed by atoms with Crippen molar-refractivity contribution >= 4 is 44.0 Å². The molecule has 26 heavy (non-hydrogen) atoms. The second-order valence-electron chi connectivity index (χ2n) is 6.18. The molecule has 138 valence electrons. The van der Waals surface area contributed by atoms with Gasteiger partial charge in [0.25, 0.3) is 5.24 Å². The molecular weight excluding hydrogens is 382 g/mol. The third-order valence-electron chi connectivity index (χ3n) is 4.68. The quantitative estimate of drug-likeness (QED) is 0.745. The summed E-state index contributed by atoms with van der Waals surface area (Å²) in [6.45, 7) is 0.291. The van der Waals surface area contributed by atoms with Crippen LogP contribution in [0.15, 0.2) is 32.3 Å². The van der Waals surface area contributed by atoms with Crippen molar-refractivity contribution in [3.05, 3.63) is 28.7 Å². The zero-order valence-corrected chi connectivity index (χ0v) is 15.4. The van der Waals surface area contributed by atoms with Crippen molar-refractivity contribution in [2.75, 3.05) is 18.8 Å². The largest absolute Gasteiger partial charge is 0.419 e. The van der Waals surface area contributed by atoms with Crippen LogP contribution in [0, 0.1) is 0 Å². The number of sulfonamides is 1. The van der Waals surface area contributed by atoms with Gasteiger partial charge in [0.2, 0.25) is 15.9 Å². The highest BCUT2D eigenvalue weighted by molar-refractivity contribution is 8.14. The third-order valence-corrected chi connectivity index (χ3v) is 7.37. The van der Waals surface area contributed by atoms with E-state index in [1.165, 1.54) is 39.0 Å². The highest BCUT2D eigenvalue weighted by atomic mass is 32.2. The van der Waals surface area contributed by atoms with E-state index in [1.54, 1.807) is 0 Å². The zero-order valence-electron chi connectivity index (χ0n) is 13.7. The van der Waals surface area contributed by atoms with Crippen LogP contribution in [-0.2, 0) is 21.9 Å². The summed E-state index contributed by atoms with van der Waals surface area (Å²) in [5, 5.41) is -0.325. The van der Waals surface area contributed by atoms with Gasteiger partial charge in [0.1, 0.15) is 0 Å². The molecule has 11 heteroatoms. The number of oxazole rings is 1. The lowest BCUT2D eigenvalue weighted by Gasteiger charge is -2.21. The highest BCUT2D eigenvalue weighted by Gasteiger charge is 2.42. The molecule has 2 amide bonds. The summed E-state index contributed by atoms with van der Waals surface area (Å²) in [6.07, 6.45) is 0.406. The Hall–Kier alpha value is -2.11. The van der Waals surface area contributed by atoms with Gasteiger partial charge in [-0.25, -0.2) is 13.2 Å². The summed E-state index contributed by atoms with van der Waals surface area (Å²) in [5.41, 5.74) is 0.689. The Labute approximate surface area is 152 Å². The molecule has 0 spiro atoms. The number of carbonyl (C=O) groups excluding carboxylic acids is 2. The van der Waals surface area contributed by atoms with Gasteiger partial charge in [-0.05, 0) is 24.6 Å². The monoisotopic (exact) mass is 397 g/mol. The summed E-state index contributed by atoms with van der Waals surface area (Å²) in [5.74, 6) is -0.744. The van der Waals surface area contributed by atoms with Crippen molar-refractivity contribution in [3.63, 3.8) is 0 Å². The number of hydrogen-bond acceptors (Lipinski definition) is 7. The number of nitrogens with zero attached hydrogens (tertiary/aromatic N) is 3. The Morgan fingerprint density at radius 2 is 2.00 bits per heavy atom. The molecule has 0 N–H and O–H groups in total. The van der Waals surface area contributed by atoms with Crippen LogP contribution in [0.1, 0.15) is 6.42 Å². The Morgan fingerprint density at radius 1 is 1.23 bits per heavy atom. The van der Waals surface area contributed by atoms with Gasteiger partial charge in [-0.1, -0.05) is 11.8 Å². The maximum atomic E-state index is 12.9. The molecule has 0 radical (unpaired) electrons. The van der Waals surface area contributed by atoms with Crippen LogP contribution in [-0.4, -0.2) is 58.2 Å². The number of aryl methyl sites for hydroxylation is 1. The summed E-state index contributed by atoms with van der Waals surface area (Å²) >= 11 is 0.937. The molecule has 2 aliphatic heterocycles. The minimum absolute atomic E-state index is 0.0375. The summed E-state index contributed by atoms with van der Waals surface area (Å²) < 4.78 is 33.4. The molecule has 2 fully saturated rings. The third kappa shape index (κ3) is 2.58. The number of rotatable bonds is 3. The van der Waals surface area contributed by atoms with Gasteiger partial charge in [0, 0.05) is 20.1 Å². The number of fused-ring (bicyclic) bond motifs is 1. The lowest BCUT2D eigenvalue weighted by molar-refractivity contribution is -0.126. The Kier molecular flexibility index (Phi) is 3.97. The Balaban J connectivity index is 1.63. The van der Waals surface area contributed by atoms with E-state index in [9.17, 15) is 22.8 Å². The molecule has 9 nitrogen and oxygen atoms in total. The SMILES string of the molecule is Cn1c(=O)oc2ccc(S(=O)(=O)N3CCC(N4C(=O)CSC4=O)C3)cc21. The van der Waals surface area contributed by atoms with Gasteiger partial charge in [0.15, 0.2) is 5.58 Å². The molecule has 2 aromatic rings. The van der Waals surface area contributed by atoms with E-state index in [0.29, 0.717) is 17.5 Å². The topological polar surface area (TPSA) is 110 Å². The van der Waals surface area contributed by atoms with Gasteiger partial charge >= 0.3 is 5.76 Å². The molecule has 0 bridgehead atoms. The number of hydrogen-bond donors (Lipinski definition) is 0. The number of amides is 2. The predicted octanol–water partition coefficient (Wildman–Crippen LogP) is 0.590. The smallest absolute Gasteiger partial charge is 0.408 e. The summed E-state index contributed by atoms with van der Waals surface area (Å²) in [7, 11) is -2.32. The number of thioether (sulfide) groups is 1. The van der Waals surface area contributed by atoms with Crippen molar-refractivity contribution in [1.82, 2.24) is 13.8 Å². The molecule has 1 aromatic carbocycles. The molecule has 1 unspecified atom stereocenters. The van der Waals surface area contributed by atoms with Gasteiger partial charge in [-0.2, -0.15) is 4.31 Å². The average molecular weight is 397 g/mol. The summed E-state index contributed by atoms with van der Waals surface area (Å²) in [6, 6.07) is 3.78. The Bertz CT molecular complexity index is 1070. The van der Waals surface area contributed by atoms with Gasteiger partial charge in [-0.3, -0.25) is 19.1 Å². The first-order valence-corrected chi connectivity index (χ1v) is 10.3. The molecule has 3 heterocycles. The maximum Gasteiger partial charge on any atom is 0.419 e. The molecular formula is C15H15N3O6S2. The minimum atomic E-state index is -3.81. The molecule has 2 aliphatic rings. The van der Waals surface area contributed by atoms with Crippen LogP contribution in [0.5, 0.6) is 0 Å². The fourth-order valence-electron chi connectivity index (χ4n) is 3.27. The van der Waals surface area contributed by atoms with E-state index in [0.717, 1.165) is 11.8 Å². The van der Waals surface area contributed by atoms with E-state index >= 15 is 0 Å². The second kappa shape index (κ2) is 5.96. The molecule has 1 atom stereocenters. The van der Waals surface area contributed by atoms with Crippen LogP contribution >= 0.6 is 11.8 Å². The van der Waals surface area contributed by atoms with Crippen molar-refractivity contribution in [2.24, 2.45) is 7.05 Å². The molecule has 2 saturated heterocycles. The van der Waals surface area contributed by atoms with E-state index < -0.39 is 21.8 Å². The predicted molar refractivity (Wildman–Crippen MR) is 93.3 cm³/mol. The zero-order chi connectivity index (χ0) is 18.6. The molecule has 4 rings (SSSR count). The minimum Gasteiger partial charge on any atom is -0.408 e. The fourth-order valence-corrected chi connectivity index (χ4v) is 5.56. The number of benzene rings is 1. The molecule has 0 aliphatic carbocycles. The molecule has 0 saturated carbocycles. The van der Waals surface area contributed by atoms with Crippen LogP contribution in [0.2, 0.25) is 0 Å². The van der Waals surface area contributed by atoms with E-state index in [2.05, 4.69) is 0 Å². The fraction of sp³-hybridized carbons (Fsp3) is 0.400. The first kappa shape index (κ1) is 17.3. The van der Waals surface area contributed by atoms with Gasteiger partial charge < -0.3 is 4.42 Å². The van der Waals surface area contributed by atoms with Crippen LogP contribution in [0.25, 0.3) is 11.1 Å². The molecule has 1 aromatic heterocycles. The van der Waals surface area contributed by atoms with Crippen LogP contribution in [0.3, 0.4) is 0 Å². The van der Waals surface area contributed by atoms with Crippen molar-refractivity contribution in [1.29, 1.82) is 0 Å². The first-order chi connectivity index (χ1) is 12.3. The van der Waals surface area contributed by atoms with Crippen LogP contribution in [0.4, 0.5) is 4.79 Å². The Morgan fingerprint density at radius 3 is 2.69 bits per heavy atom. The second-order valence-corrected chi connectivity index (χ2v) is 9.04. The van der Waals surface area contributed by atoms with Gasteiger partial charge in [0.05, 0.1) is 22.2 Å². The number of carbonyl (C=O) groups is 2. The number of aromatic nitrogens is 1. The van der Waals surface area contributed by atoms with Crippen molar-refractivity contribution in [3.8, 4) is 0 Å². The van der Waals surface area contributed by atoms with Gasteiger partial charge in [-0.15, -0.1) is 0 Å². The van der Waals surface area contributed by atoms with Crippen molar-refractivity contribution in [2.45, 2.75) is 17.4 Å². The lowest BCUT2D eigenvalue weighted by Crippen LogP contribution is -2.41. The van der Waals surface area contributed by atoms with E-state index in [4.69, 9.17) is 4.42 Å².